The van der Waals surface area contributed by atoms with Crippen molar-refractivity contribution in [3.05, 3.63) is 58.7 Å². The predicted octanol–water partition coefficient (Wildman–Crippen LogP) is 5.69. The second-order valence-electron chi connectivity index (χ2n) is 8.64. The minimum atomic E-state index is -0.0857. The van der Waals surface area contributed by atoms with Crippen LogP contribution in [0, 0.1) is 0 Å². The molecule has 2 aromatic carbocycles. The predicted molar refractivity (Wildman–Crippen MR) is 128 cm³/mol. The van der Waals surface area contributed by atoms with Gasteiger partial charge in [0.15, 0.2) is 5.78 Å². The molecule has 1 aromatic heterocycles. The number of aromatic nitrogens is 1. The van der Waals surface area contributed by atoms with Gasteiger partial charge in [0.25, 0.3) is 0 Å². The monoisotopic (exact) mass is 447 g/mol. The molecule has 0 radical (unpaired) electrons. The van der Waals surface area contributed by atoms with Gasteiger partial charge in [-0.2, -0.15) is 0 Å². The van der Waals surface area contributed by atoms with Crippen LogP contribution in [0.2, 0.25) is 5.02 Å². The highest BCUT2D eigenvalue weighted by Gasteiger charge is 2.29. The number of fused-ring (bicyclic) bond motifs is 2. The van der Waals surface area contributed by atoms with Crippen molar-refractivity contribution in [3.8, 4) is 11.3 Å². The van der Waals surface area contributed by atoms with Crippen LogP contribution in [0.3, 0.4) is 0 Å². The van der Waals surface area contributed by atoms with Gasteiger partial charge in [0.1, 0.15) is 0 Å². The van der Waals surface area contributed by atoms with Crippen molar-refractivity contribution >= 4 is 39.8 Å². The van der Waals surface area contributed by atoms with E-state index >= 15 is 0 Å². The maximum Gasteiger partial charge on any atom is 0.224 e. The molecule has 0 saturated carbocycles. The second kappa shape index (κ2) is 9.00. The van der Waals surface area contributed by atoms with E-state index in [1.54, 1.807) is 18.3 Å². The zero-order chi connectivity index (χ0) is 22.1. The number of carbonyl (C=O) groups excluding carboxylic acids is 2. The number of pyridine rings is 1. The molecule has 1 N–H and O–H groups in total. The highest BCUT2D eigenvalue weighted by Crippen LogP contribution is 2.44. The minimum absolute atomic E-state index is 0.0696. The van der Waals surface area contributed by atoms with Crippen molar-refractivity contribution < 1.29 is 9.59 Å². The Balaban J connectivity index is 1.37. The maximum absolute atomic E-state index is 13.2. The highest BCUT2D eigenvalue weighted by molar-refractivity contribution is 6.36. The number of hydrogen-bond donors (Lipinski definition) is 1. The van der Waals surface area contributed by atoms with Gasteiger partial charge < -0.3 is 10.2 Å². The Morgan fingerprint density at radius 2 is 1.88 bits per heavy atom. The van der Waals surface area contributed by atoms with Crippen LogP contribution in [0.5, 0.6) is 0 Å². The van der Waals surface area contributed by atoms with Crippen LogP contribution < -0.4 is 5.32 Å². The molecule has 5 rings (SSSR count). The average Bonchev–Trinajstić information content (AvgIpc) is 2.82. The minimum Gasteiger partial charge on any atom is -0.324 e. The summed E-state index contributed by atoms with van der Waals surface area (Å²) >= 11 is 6.52. The van der Waals surface area contributed by atoms with E-state index in [-0.39, 0.29) is 11.7 Å². The van der Waals surface area contributed by atoms with Gasteiger partial charge in [0.2, 0.25) is 5.91 Å². The van der Waals surface area contributed by atoms with E-state index in [1.165, 1.54) is 32.4 Å². The summed E-state index contributed by atoms with van der Waals surface area (Å²) in [7, 11) is 0. The summed E-state index contributed by atoms with van der Waals surface area (Å²) < 4.78 is 0. The number of nitrogens with one attached hydrogen (secondary N) is 1. The van der Waals surface area contributed by atoms with E-state index in [0.717, 1.165) is 30.2 Å². The number of amides is 1. The molecule has 1 amide bonds. The quantitative estimate of drug-likeness (QED) is 0.385. The lowest BCUT2D eigenvalue weighted by Crippen LogP contribution is -2.30. The summed E-state index contributed by atoms with van der Waals surface area (Å²) in [6, 6.07) is 11.0. The Hall–Kier alpha value is -2.76. The molecular weight excluding hydrogens is 422 g/mol. The summed E-state index contributed by atoms with van der Waals surface area (Å²) in [4.78, 5) is 33.1. The molecule has 2 aliphatic rings. The number of anilines is 1. The van der Waals surface area contributed by atoms with Gasteiger partial charge in [-0.15, -0.1) is 0 Å². The molecule has 1 aliphatic carbocycles. The molecule has 1 aliphatic heterocycles. The molecule has 164 valence electrons. The first-order valence-corrected chi connectivity index (χ1v) is 11.8. The first kappa shape index (κ1) is 21.1. The van der Waals surface area contributed by atoms with E-state index in [0.29, 0.717) is 39.5 Å². The fourth-order valence-corrected chi connectivity index (χ4v) is 5.10. The van der Waals surface area contributed by atoms with Crippen LogP contribution in [-0.2, 0) is 4.79 Å². The number of likely N-dealkylation sites (tertiary alicyclic amines) is 1. The lowest BCUT2D eigenvalue weighted by atomic mass is 9.85. The number of nitrogens with zero attached hydrogens (tertiary/aromatic N) is 2. The zero-order valence-electron chi connectivity index (χ0n) is 18.0. The zero-order valence-corrected chi connectivity index (χ0v) is 18.8. The van der Waals surface area contributed by atoms with Crippen molar-refractivity contribution in [2.45, 2.75) is 38.5 Å². The number of unbranched alkanes of at least 4 members (excludes halogenated alkanes) is 1. The summed E-state index contributed by atoms with van der Waals surface area (Å²) in [5.74, 6) is -0.155. The summed E-state index contributed by atoms with van der Waals surface area (Å²) in [5.41, 5.74) is 2.95. The van der Waals surface area contributed by atoms with Crippen LogP contribution >= 0.6 is 11.6 Å². The molecular formula is C26H26ClN3O2. The molecule has 0 bridgehead atoms. The van der Waals surface area contributed by atoms with Crippen molar-refractivity contribution in [3.63, 3.8) is 0 Å². The number of halogens is 1. The van der Waals surface area contributed by atoms with Gasteiger partial charge in [0, 0.05) is 34.7 Å². The van der Waals surface area contributed by atoms with Crippen LogP contribution in [0.4, 0.5) is 5.69 Å². The van der Waals surface area contributed by atoms with Crippen LogP contribution in [-0.4, -0.2) is 41.2 Å². The molecule has 0 unspecified atom stereocenters. The summed E-state index contributed by atoms with van der Waals surface area (Å²) in [5, 5.41) is 5.17. The van der Waals surface area contributed by atoms with Gasteiger partial charge in [-0.25, -0.2) is 0 Å². The van der Waals surface area contributed by atoms with Gasteiger partial charge >= 0.3 is 0 Å². The molecule has 2 heterocycles. The first-order valence-electron chi connectivity index (χ1n) is 11.4. The third-order valence-electron chi connectivity index (χ3n) is 6.51. The van der Waals surface area contributed by atoms with Crippen LogP contribution in [0.15, 0.2) is 42.6 Å². The molecule has 0 spiro atoms. The normalized spacial score (nSPS) is 15.6. The van der Waals surface area contributed by atoms with E-state index in [4.69, 9.17) is 11.6 Å². The fourth-order valence-electron chi connectivity index (χ4n) is 4.89. The van der Waals surface area contributed by atoms with Gasteiger partial charge in [-0.05, 0) is 68.9 Å². The molecule has 5 nitrogen and oxygen atoms in total. The number of piperidine rings is 1. The van der Waals surface area contributed by atoms with E-state index in [1.807, 2.05) is 24.3 Å². The first-order chi connectivity index (χ1) is 15.6. The molecule has 1 fully saturated rings. The topological polar surface area (TPSA) is 62.3 Å². The van der Waals surface area contributed by atoms with Crippen molar-refractivity contribution in [1.82, 2.24) is 9.88 Å². The third kappa shape index (κ3) is 3.91. The average molecular weight is 448 g/mol. The molecule has 3 aromatic rings. The Labute approximate surface area is 192 Å². The smallest absolute Gasteiger partial charge is 0.224 e. The Morgan fingerprint density at radius 1 is 1.03 bits per heavy atom. The molecule has 1 saturated heterocycles. The van der Waals surface area contributed by atoms with E-state index in [9.17, 15) is 9.59 Å². The van der Waals surface area contributed by atoms with Crippen molar-refractivity contribution in [2.24, 2.45) is 0 Å². The second-order valence-corrected chi connectivity index (χ2v) is 9.05. The lowest BCUT2D eigenvalue weighted by molar-refractivity contribution is -0.116. The van der Waals surface area contributed by atoms with Gasteiger partial charge in [-0.3, -0.25) is 14.6 Å². The number of benzene rings is 2. The van der Waals surface area contributed by atoms with Crippen molar-refractivity contribution in [2.75, 3.05) is 25.0 Å². The van der Waals surface area contributed by atoms with Crippen molar-refractivity contribution in [1.29, 1.82) is 0 Å². The Bertz CT molecular complexity index is 1200. The fraction of sp³-hybridized carbons (Fsp3) is 0.346. The number of carbonyl (C=O) groups is 2. The van der Waals surface area contributed by atoms with Gasteiger partial charge in [0.05, 0.1) is 16.4 Å². The standard InChI is InChI=1S/C26H26ClN3O2/c27-20-11-10-19-23(25-22-17(12-13-28-25)7-6-8-18(22)26(19)32)24(20)29-21(31)9-2-5-16-30-14-3-1-4-15-30/h6-8,10-13H,1-5,9,14-16H2,(H,29,31). The van der Waals surface area contributed by atoms with Crippen LogP contribution in [0.25, 0.3) is 22.0 Å². The molecule has 0 atom stereocenters. The summed E-state index contributed by atoms with van der Waals surface area (Å²) in [6.07, 6.45) is 7.87. The molecule has 6 heteroatoms. The number of ketones is 1. The largest absolute Gasteiger partial charge is 0.324 e. The number of rotatable bonds is 6. The number of hydrogen-bond acceptors (Lipinski definition) is 4. The Kier molecular flexibility index (Phi) is 5.94. The SMILES string of the molecule is O=C(CCCCN1CCCCC1)Nc1c(Cl)ccc2c1-c1nccc3cccc(c13)C2=O. The van der Waals surface area contributed by atoms with Gasteiger partial charge in [-0.1, -0.05) is 36.2 Å². The lowest BCUT2D eigenvalue weighted by Gasteiger charge is -2.26. The van der Waals surface area contributed by atoms with E-state index in [2.05, 4.69) is 15.2 Å². The summed E-state index contributed by atoms with van der Waals surface area (Å²) in [6.45, 7) is 3.39. The van der Waals surface area contributed by atoms with Crippen LogP contribution in [0.1, 0.15) is 54.4 Å². The highest BCUT2D eigenvalue weighted by atomic mass is 35.5. The third-order valence-corrected chi connectivity index (χ3v) is 6.83. The Morgan fingerprint density at radius 3 is 2.72 bits per heavy atom. The van der Waals surface area contributed by atoms with E-state index < -0.39 is 0 Å². The maximum atomic E-state index is 13.2. The molecule has 32 heavy (non-hydrogen) atoms.